The average Bonchev–Trinajstić information content (AvgIpc) is 2.53. The zero-order valence-corrected chi connectivity index (χ0v) is 12.5. The molecule has 0 radical (unpaired) electrons. The van der Waals surface area contributed by atoms with Crippen LogP contribution in [-0.4, -0.2) is 39.1 Å². The molecule has 0 aliphatic carbocycles. The lowest BCUT2D eigenvalue weighted by Crippen LogP contribution is -2.13. The summed E-state index contributed by atoms with van der Waals surface area (Å²) in [5.41, 5.74) is 11.4. The summed E-state index contributed by atoms with van der Waals surface area (Å²) in [6.45, 7) is 0.268. The van der Waals surface area contributed by atoms with Crippen LogP contribution in [-0.2, 0) is 9.84 Å². The van der Waals surface area contributed by atoms with Gasteiger partial charge in [0.1, 0.15) is 19.7 Å². The number of thioether (sulfide) groups is 1. The fraction of sp³-hybridized carbons (Fsp3) is 0.444. The van der Waals surface area contributed by atoms with Gasteiger partial charge in [-0.3, -0.25) is 4.79 Å². The second kappa shape index (κ2) is 5.81. The third-order valence-corrected chi connectivity index (χ3v) is 5.17. The summed E-state index contributed by atoms with van der Waals surface area (Å²) in [6, 6.07) is 0. The summed E-state index contributed by atoms with van der Waals surface area (Å²) in [6.07, 6.45) is 2.99. The molecule has 0 saturated carbocycles. The van der Waals surface area contributed by atoms with Gasteiger partial charge in [0, 0.05) is 12.8 Å². The summed E-state index contributed by atoms with van der Waals surface area (Å²) >= 11 is 2.53. The normalized spacial score (nSPS) is 11.4. The van der Waals surface area contributed by atoms with Crippen molar-refractivity contribution >= 4 is 49.5 Å². The van der Waals surface area contributed by atoms with Crippen molar-refractivity contribution in [1.29, 1.82) is 0 Å². The minimum absolute atomic E-state index is 0.0184. The Kier molecular flexibility index (Phi) is 4.88. The van der Waals surface area contributed by atoms with E-state index in [2.05, 4.69) is 5.32 Å². The molecule has 6 nitrogen and oxygen atoms in total. The fourth-order valence-electron chi connectivity index (χ4n) is 1.28. The van der Waals surface area contributed by atoms with Crippen molar-refractivity contribution in [2.75, 3.05) is 35.9 Å². The number of carbonyl (C=O) groups is 1. The number of sulfone groups is 1. The van der Waals surface area contributed by atoms with Crippen molar-refractivity contribution < 1.29 is 13.2 Å². The van der Waals surface area contributed by atoms with E-state index >= 15 is 0 Å². The Morgan fingerprint density at radius 3 is 2.56 bits per heavy atom. The molecule has 0 fully saturated rings. The number of nitrogens with two attached hydrogens (primary N) is 2. The zero-order valence-electron chi connectivity index (χ0n) is 10.0. The van der Waals surface area contributed by atoms with Crippen LogP contribution >= 0.6 is 23.1 Å². The summed E-state index contributed by atoms with van der Waals surface area (Å²) in [5.74, 6) is -0.561. The van der Waals surface area contributed by atoms with E-state index in [4.69, 9.17) is 11.5 Å². The highest BCUT2D eigenvalue weighted by atomic mass is 32.2. The molecule has 1 heterocycles. The Bertz CT molecular complexity index is 551. The Labute approximate surface area is 114 Å². The van der Waals surface area contributed by atoms with Gasteiger partial charge in [-0.2, -0.15) is 0 Å². The topological polar surface area (TPSA) is 115 Å². The maximum absolute atomic E-state index is 11.2. The summed E-state index contributed by atoms with van der Waals surface area (Å²) in [5, 5.41) is 3.65. The molecule has 9 heteroatoms. The second-order valence-electron chi connectivity index (χ2n) is 3.63. The van der Waals surface area contributed by atoms with Gasteiger partial charge in [0.05, 0.1) is 16.3 Å². The molecule has 0 aliphatic rings. The molecular weight excluding hydrogens is 294 g/mol. The summed E-state index contributed by atoms with van der Waals surface area (Å²) in [7, 11) is -3.02. The van der Waals surface area contributed by atoms with E-state index in [9.17, 15) is 13.2 Å². The molecule has 0 atom stereocenters. The molecule has 1 rings (SSSR count). The largest absolute Gasteiger partial charge is 0.396 e. The van der Waals surface area contributed by atoms with Crippen LogP contribution in [0.1, 0.15) is 9.67 Å². The first-order chi connectivity index (χ1) is 8.26. The highest BCUT2D eigenvalue weighted by molar-refractivity contribution is 7.99. The first-order valence-electron chi connectivity index (χ1n) is 4.94. The van der Waals surface area contributed by atoms with E-state index in [0.717, 1.165) is 16.2 Å². The van der Waals surface area contributed by atoms with Crippen LogP contribution in [0.25, 0.3) is 0 Å². The van der Waals surface area contributed by atoms with Gasteiger partial charge >= 0.3 is 0 Å². The maximum atomic E-state index is 11.2. The van der Waals surface area contributed by atoms with Crippen LogP contribution in [0.5, 0.6) is 0 Å². The van der Waals surface area contributed by atoms with Crippen LogP contribution < -0.4 is 16.8 Å². The van der Waals surface area contributed by atoms with Gasteiger partial charge < -0.3 is 16.8 Å². The molecular formula is C9H15N3O3S3. The molecule has 0 aliphatic heterocycles. The van der Waals surface area contributed by atoms with Crippen molar-refractivity contribution in [3.63, 3.8) is 0 Å². The predicted octanol–water partition coefficient (Wildman–Crippen LogP) is 0.608. The van der Waals surface area contributed by atoms with E-state index in [1.807, 2.05) is 6.26 Å². The molecule has 18 heavy (non-hydrogen) atoms. The third-order valence-electron chi connectivity index (χ3n) is 2.09. The van der Waals surface area contributed by atoms with E-state index in [-0.39, 0.29) is 12.3 Å². The molecule has 0 saturated heterocycles. The number of carbonyl (C=O) groups excluding carboxylic acids is 1. The fourth-order valence-corrected chi connectivity index (χ4v) is 3.67. The molecule has 102 valence electrons. The van der Waals surface area contributed by atoms with Gasteiger partial charge in [-0.25, -0.2) is 8.42 Å². The van der Waals surface area contributed by atoms with E-state index in [1.165, 1.54) is 18.0 Å². The van der Waals surface area contributed by atoms with Crippen molar-refractivity contribution in [1.82, 2.24) is 0 Å². The Morgan fingerprint density at radius 1 is 1.50 bits per heavy atom. The Hall–Kier alpha value is -0.930. The molecule has 1 aromatic heterocycles. The zero-order chi connectivity index (χ0) is 13.9. The van der Waals surface area contributed by atoms with E-state index in [0.29, 0.717) is 15.6 Å². The van der Waals surface area contributed by atoms with Gasteiger partial charge in [0.15, 0.2) is 0 Å². The van der Waals surface area contributed by atoms with Gasteiger partial charge in [-0.15, -0.1) is 23.1 Å². The molecule has 1 amide bonds. The molecule has 5 N–H and O–H groups in total. The van der Waals surface area contributed by atoms with Crippen LogP contribution in [0.15, 0.2) is 4.90 Å². The molecule has 0 spiro atoms. The summed E-state index contributed by atoms with van der Waals surface area (Å²) in [4.78, 5) is 12.2. The van der Waals surface area contributed by atoms with Gasteiger partial charge in [0.2, 0.25) is 0 Å². The standard InChI is InChI=1S/C9H15N3O3S3/c1-16-7-5(10)6(8(11)13)17-9(7)12-3-4-18(2,14)15/h12H,3-4,10H2,1-2H3,(H2,11,13). The van der Waals surface area contributed by atoms with Crippen LogP contribution in [0.3, 0.4) is 0 Å². The Balaban J connectivity index is 2.89. The number of amides is 1. The maximum Gasteiger partial charge on any atom is 0.261 e. The number of primary amides is 1. The lowest BCUT2D eigenvalue weighted by atomic mass is 10.4. The minimum atomic E-state index is -3.02. The average molecular weight is 309 g/mol. The van der Waals surface area contributed by atoms with Crippen LogP contribution in [0, 0.1) is 0 Å². The van der Waals surface area contributed by atoms with Crippen molar-refractivity contribution in [3.05, 3.63) is 4.88 Å². The number of nitrogens with one attached hydrogen (secondary N) is 1. The van der Waals surface area contributed by atoms with E-state index in [1.54, 1.807) is 0 Å². The predicted molar refractivity (Wildman–Crippen MR) is 77.2 cm³/mol. The number of anilines is 2. The highest BCUT2D eigenvalue weighted by Crippen LogP contribution is 2.41. The number of hydrogen-bond acceptors (Lipinski definition) is 7. The minimum Gasteiger partial charge on any atom is -0.396 e. The first-order valence-corrected chi connectivity index (χ1v) is 9.04. The molecule has 0 aromatic carbocycles. The lowest BCUT2D eigenvalue weighted by Gasteiger charge is -2.05. The quantitative estimate of drug-likeness (QED) is 0.663. The Morgan fingerprint density at radius 2 is 2.11 bits per heavy atom. The first kappa shape index (κ1) is 15.1. The number of nitrogen functional groups attached to an aromatic ring is 1. The third kappa shape index (κ3) is 3.79. The molecule has 1 aromatic rings. The van der Waals surface area contributed by atoms with Gasteiger partial charge in [0.25, 0.3) is 5.91 Å². The monoisotopic (exact) mass is 309 g/mol. The smallest absolute Gasteiger partial charge is 0.261 e. The van der Waals surface area contributed by atoms with Crippen molar-refractivity contribution in [3.8, 4) is 0 Å². The van der Waals surface area contributed by atoms with Crippen LogP contribution in [0.4, 0.5) is 10.7 Å². The summed E-state index contributed by atoms with van der Waals surface area (Å²) < 4.78 is 22.0. The van der Waals surface area contributed by atoms with Gasteiger partial charge in [-0.05, 0) is 6.26 Å². The van der Waals surface area contributed by atoms with Crippen molar-refractivity contribution in [2.45, 2.75) is 4.90 Å². The van der Waals surface area contributed by atoms with Gasteiger partial charge in [-0.1, -0.05) is 0 Å². The lowest BCUT2D eigenvalue weighted by molar-refractivity contribution is 0.100. The number of hydrogen-bond donors (Lipinski definition) is 3. The number of thiophene rings is 1. The van der Waals surface area contributed by atoms with E-state index < -0.39 is 15.7 Å². The molecule has 0 bridgehead atoms. The van der Waals surface area contributed by atoms with Crippen molar-refractivity contribution in [2.24, 2.45) is 5.73 Å². The number of rotatable bonds is 6. The SMILES string of the molecule is CSc1c(NCCS(C)(=O)=O)sc(C(N)=O)c1N. The highest BCUT2D eigenvalue weighted by Gasteiger charge is 2.18. The second-order valence-corrected chi connectivity index (χ2v) is 7.73. The molecule has 0 unspecified atom stereocenters. The van der Waals surface area contributed by atoms with Crippen LogP contribution in [0.2, 0.25) is 0 Å².